The Labute approximate surface area is 124 Å². The molecule has 0 unspecified atom stereocenters. The lowest BCUT2D eigenvalue weighted by atomic mass is 10.1. The van der Waals surface area contributed by atoms with Gasteiger partial charge < -0.3 is 10.2 Å². The van der Waals surface area contributed by atoms with Crippen molar-refractivity contribution in [1.29, 1.82) is 0 Å². The molecule has 1 heterocycles. The van der Waals surface area contributed by atoms with E-state index in [0.29, 0.717) is 22.7 Å². The van der Waals surface area contributed by atoms with Crippen molar-refractivity contribution in [1.82, 2.24) is 4.90 Å². The highest BCUT2D eigenvalue weighted by atomic mass is 35.5. The Kier molecular flexibility index (Phi) is 5.01. The molecule has 5 heteroatoms. The van der Waals surface area contributed by atoms with E-state index < -0.39 is 0 Å². The second-order valence-corrected chi connectivity index (χ2v) is 5.38. The monoisotopic (exact) mass is 294 g/mol. The SMILES string of the molecule is CCC(=O)Nc1cc(Cl)ccc1C(=O)N1CCCCC1. The van der Waals surface area contributed by atoms with Gasteiger partial charge in [0, 0.05) is 24.5 Å². The average Bonchev–Trinajstić information content (AvgIpc) is 2.47. The van der Waals surface area contributed by atoms with Crippen molar-refractivity contribution in [2.75, 3.05) is 18.4 Å². The number of anilines is 1. The molecule has 1 N–H and O–H groups in total. The summed E-state index contributed by atoms with van der Waals surface area (Å²) in [6.07, 6.45) is 3.61. The Bertz CT molecular complexity index is 511. The van der Waals surface area contributed by atoms with Crippen LogP contribution in [0.2, 0.25) is 5.02 Å². The summed E-state index contributed by atoms with van der Waals surface area (Å²) in [7, 11) is 0. The standard InChI is InChI=1S/C15H19ClN2O2/c1-2-14(19)17-13-10-11(16)6-7-12(13)15(20)18-8-4-3-5-9-18/h6-7,10H,2-5,8-9H2,1H3,(H,17,19). The van der Waals surface area contributed by atoms with Crippen LogP contribution in [0, 0.1) is 0 Å². The zero-order valence-electron chi connectivity index (χ0n) is 11.6. The number of carbonyl (C=O) groups is 2. The summed E-state index contributed by atoms with van der Waals surface area (Å²) >= 11 is 5.96. The molecule has 1 fully saturated rings. The second-order valence-electron chi connectivity index (χ2n) is 4.94. The van der Waals surface area contributed by atoms with Gasteiger partial charge in [-0.05, 0) is 37.5 Å². The minimum absolute atomic E-state index is 0.0345. The van der Waals surface area contributed by atoms with E-state index in [-0.39, 0.29) is 11.8 Å². The van der Waals surface area contributed by atoms with Gasteiger partial charge in [-0.3, -0.25) is 9.59 Å². The van der Waals surface area contributed by atoms with Gasteiger partial charge in [0.05, 0.1) is 11.3 Å². The van der Waals surface area contributed by atoms with Crippen LogP contribution in [0.1, 0.15) is 43.0 Å². The third-order valence-electron chi connectivity index (χ3n) is 3.45. The van der Waals surface area contributed by atoms with E-state index in [9.17, 15) is 9.59 Å². The number of nitrogens with zero attached hydrogens (tertiary/aromatic N) is 1. The second kappa shape index (κ2) is 6.75. The highest BCUT2D eigenvalue weighted by Crippen LogP contribution is 2.24. The smallest absolute Gasteiger partial charge is 0.255 e. The molecule has 0 radical (unpaired) electrons. The molecule has 0 aromatic heterocycles. The molecular weight excluding hydrogens is 276 g/mol. The van der Waals surface area contributed by atoms with E-state index in [1.165, 1.54) is 6.42 Å². The molecule has 1 aromatic carbocycles. The largest absolute Gasteiger partial charge is 0.339 e. The van der Waals surface area contributed by atoms with Crippen LogP contribution >= 0.6 is 11.6 Å². The van der Waals surface area contributed by atoms with Crippen LogP contribution in [-0.4, -0.2) is 29.8 Å². The van der Waals surface area contributed by atoms with Gasteiger partial charge in [-0.25, -0.2) is 0 Å². The van der Waals surface area contributed by atoms with Gasteiger partial charge in [-0.2, -0.15) is 0 Å². The summed E-state index contributed by atoms with van der Waals surface area (Å²) in [5.41, 5.74) is 1.01. The maximum Gasteiger partial charge on any atom is 0.255 e. The van der Waals surface area contributed by atoms with Crippen molar-refractivity contribution in [2.45, 2.75) is 32.6 Å². The summed E-state index contributed by atoms with van der Waals surface area (Å²) in [6, 6.07) is 5.00. The van der Waals surface area contributed by atoms with E-state index in [1.54, 1.807) is 25.1 Å². The molecule has 1 aromatic rings. The molecule has 0 atom stereocenters. The number of piperidine rings is 1. The fourth-order valence-corrected chi connectivity index (χ4v) is 2.48. The van der Waals surface area contributed by atoms with Crippen molar-refractivity contribution in [3.63, 3.8) is 0 Å². The lowest BCUT2D eigenvalue weighted by Gasteiger charge is -2.27. The maximum atomic E-state index is 12.5. The topological polar surface area (TPSA) is 49.4 Å². The quantitative estimate of drug-likeness (QED) is 0.930. The Morgan fingerprint density at radius 3 is 2.60 bits per heavy atom. The molecule has 0 spiro atoms. The fraction of sp³-hybridized carbons (Fsp3) is 0.467. The van der Waals surface area contributed by atoms with Crippen molar-refractivity contribution in [3.05, 3.63) is 28.8 Å². The number of amides is 2. The molecule has 2 amide bonds. The molecule has 1 aliphatic heterocycles. The lowest BCUT2D eigenvalue weighted by molar-refractivity contribution is -0.115. The van der Waals surface area contributed by atoms with Crippen molar-refractivity contribution < 1.29 is 9.59 Å². The minimum Gasteiger partial charge on any atom is -0.339 e. The van der Waals surface area contributed by atoms with Crippen LogP contribution in [0.5, 0.6) is 0 Å². The van der Waals surface area contributed by atoms with Gasteiger partial charge in [0.1, 0.15) is 0 Å². The van der Waals surface area contributed by atoms with Gasteiger partial charge in [0.15, 0.2) is 0 Å². The van der Waals surface area contributed by atoms with Crippen LogP contribution < -0.4 is 5.32 Å². The number of likely N-dealkylation sites (tertiary alicyclic amines) is 1. The first-order valence-corrected chi connectivity index (χ1v) is 7.38. The van der Waals surface area contributed by atoms with Crippen molar-refractivity contribution in [3.8, 4) is 0 Å². The molecule has 0 saturated carbocycles. The first-order chi connectivity index (χ1) is 9.61. The Hall–Kier alpha value is -1.55. The molecule has 0 bridgehead atoms. The number of rotatable bonds is 3. The van der Waals surface area contributed by atoms with Crippen molar-refractivity contribution in [2.24, 2.45) is 0 Å². The zero-order valence-corrected chi connectivity index (χ0v) is 12.4. The van der Waals surface area contributed by atoms with Crippen LogP contribution in [0.3, 0.4) is 0 Å². The highest BCUT2D eigenvalue weighted by molar-refractivity contribution is 6.31. The van der Waals surface area contributed by atoms with Gasteiger partial charge in [-0.15, -0.1) is 0 Å². The first-order valence-electron chi connectivity index (χ1n) is 7.00. The highest BCUT2D eigenvalue weighted by Gasteiger charge is 2.21. The molecule has 108 valence electrons. The van der Waals surface area contributed by atoms with Crippen LogP contribution in [0.15, 0.2) is 18.2 Å². The number of hydrogen-bond acceptors (Lipinski definition) is 2. The molecule has 0 aliphatic carbocycles. The Balaban J connectivity index is 2.25. The van der Waals surface area contributed by atoms with Gasteiger partial charge >= 0.3 is 0 Å². The molecule has 4 nitrogen and oxygen atoms in total. The van der Waals surface area contributed by atoms with Gasteiger partial charge in [0.2, 0.25) is 5.91 Å². The first kappa shape index (κ1) is 14.9. The average molecular weight is 295 g/mol. The fourth-order valence-electron chi connectivity index (χ4n) is 2.31. The summed E-state index contributed by atoms with van der Waals surface area (Å²) in [5, 5.41) is 3.26. The number of halogens is 1. The molecular formula is C15H19ClN2O2. The molecule has 20 heavy (non-hydrogen) atoms. The maximum absolute atomic E-state index is 12.5. The third-order valence-corrected chi connectivity index (χ3v) is 3.69. The zero-order chi connectivity index (χ0) is 14.5. The normalized spacial score (nSPS) is 15.0. The number of nitrogens with one attached hydrogen (secondary N) is 1. The van der Waals surface area contributed by atoms with E-state index >= 15 is 0 Å². The number of benzene rings is 1. The van der Waals surface area contributed by atoms with E-state index in [4.69, 9.17) is 11.6 Å². The van der Waals surface area contributed by atoms with E-state index in [1.807, 2.05) is 4.90 Å². The lowest BCUT2D eigenvalue weighted by Crippen LogP contribution is -2.36. The predicted octanol–water partition coefficient (Wildman–Crippen LogP) is 3.31. The summed E-state index contributed by atoms with van der Waals surface area (Å²) in [5.74, 6) is -0.160. The van der Waals surface area contributed by atoms with Crippen LogP contribution in [0.25, 0.3) is 0 Å². The Morgan fingerprint density at radius 2 is 1.95 bits per heavy atom. The minimum atomic E-state index is -0.125. The van der Waals surface area contributed by atoms with Gasteiger partial charge in [0.25, 0.3) is 5.91 Å². The number of hydrogen-bond donors (Lipinski definition) is 1. The third kappa shape index (κ3) is 3.51. The van der Waals surface area contributed by atoms with E-state index in [2.05, 4.69) is 5.32 Å². The number of carbonyl (C=O) groups excluding carboxylic acids is 2. The predicted molar refractivity (Wildman–Crippen MR) is 80.1 cm³/mol. The summed E-state index contributed by atoms with van der Waals surface area (Å²) in [4.78, 5) is 25.9. The Morgan fingerprint density at radius 1 is 1.25 bits per heavy atom. The molecule has 1 aliphatic rings. The van der Waals surface area contributed by atoms with Crippen LogP contribution in [0.4, 0.5) is 5.69 Å². The summed E-state index contributed by atoms with van der Waals surface area (Å²) in [6.45, 7) is 3.33. The summed E-state index contributed by atoms with van der Waals surface area (Å²) < 4.78 is 0. The molecule has 2 rings (SSSR count). The van der Waals surface area contributed by atoms with Crippen LogP contribution in [-0.2, 0) is 4.79 Å². The molecule has 1 saturated heterocycles. The van der Waals surface area contributed by atoms with Crippen molar-refractivity contribution >= 4 is 29.1 Å². The van der Waals surface area contributed by atoms with Gasteiger partial charge in [-0.1, -0.05) is 18.5 Å². The van der Waals surface area contributed by atoms with E-state index in [0.717, 1.165) is 25.9 Å².